The molecule has 0 saturated heterocycles. The van der Waals surface area contributed by atoms with Crippen molar-refractivity contribution < 1.29 is 14.7 Å². The zero-order valence-corrected chi connectivity index (χ0v) is 12.0. The molecule has 5 nitrogen and oxygen atoms in total. The number of amides is 2. The van der Waals surface area contributed by atoms with Gasteiger partial charge in [-0.25, -0.2) is 9.59 Å². The lowest BCUT2D eigenvalue weighted by Gasteiger charge is -2.24. The van der Waals surface area contributed by atoms with Gasteiger partial charge in [0.2, 0.25) is 0 Å². The fourth-order valence-corrected chi connectivity index (χ4v) is 1.58. The second-order valence-corrected chi connectivity index (χ2v) is 5.01. The van der Waals surface area contributed by atoms with Crippen LogP contribution < -0.4 is 10.6 Å². The number of anilines is 1. The van der Waals surface area contributed by atoms with Gasteiger partial charge < -0.3 is 15.7 Å². The average molecular weight is 305 g/mol. The predicted octanol–water partition coefficient (Wildman–Crippen LogP) is 3.37. The first-order valence-corrected chi connectivity index (χ1v) is 6.31. The average Bonchev–Trinajstić information content (AvgIpc) is 2.33. The van der Waals surface area contributed by atoms with Crippen LogP contribution in [0.1, 0.15) is 20.3 Å². The van der Waals surface area contributed by atoms with Crippen LogP contribution in [0, 0.1) is 0 Å². The van der Waals surface area contributed by atoms with Gasteiger partial charge in [-0.15, -0.1) is 0 Å². The largest absolute Gasteiger partial charge is 0.480 e. The summed E-state index contributed by atoms with van der Waals surface area (Å²) < 4.78 is 0. The van der Waals surface area contributed by atoms with Crippen molar-refractivity contribution in [2.75, 3.05) is 5.32 Å². The minimum absolute atomic E-state index is 0.261. The van der Waals surface area contributed by atoms with Crippen LogP contribution >= 0.6 is 23.2 Å². The highest BCUT2D eigenvalue weighted by Crippen LogP contribution is 2.25. The molecule has 1 aromatic carbocycles. The number of rotatable bonds is 4. The molecule has 1 aromatic rings. The van der Waals surface area contributed by atoms with E-state index in [0.717, 1.165) is 0 Å². The van der Waals surface area contributed by atoms with Gasteiger partial charge in [0, 0.05) is 5.69 Å². The normalized spacial score (nSPS) is 13.5. The summed E-state index contributed by atoms with van der Waals surface area (Å²) >= 11 is 11.6. The number of benzene rings is 1. The van der Waals surface area contributed by atoms with Crippen LogP contribution in [0.15, 0.2) is 18.2 Å². The minimum atomic E-state index is -1.32. The zero-order valence-electron chi connectivity index (χ0n) is 10.5. The lowest BCUT2D eigenvalue weighted by molar-refractivity contribution is -0.143. The molecule has 0 radical (unpaired) electrons. The van der Waals surface area contributed by atoms with E-state index in [2.05, 4.69) is 10.6 Å². The van der Waals surface area contributed by atoms with Gasteiger partial charge in [-0.1, -0.05) is 30.1 Å². The van der Waals surface area contributed by atoms with Crippen LogP contribution in [-0.4, -0.2) is 22.6 Å². The molecule has 0 bridgehead atoms. The van der Waals surface area contributed by atoms with Crippen molar-refractivity contribution in [1.29, 1.82) is 0 Å². The quantitative estimate of drug-likeness (QED) is 0.798. The molecule has 0 aliphatic carbocycles. The Labute approximate surface area is 120 Å². The highest BCUT2D eigenvalue weighted by molar-refractivity contribution is 6.42. The third kappa shape index (κ3) is 4.01. The summed E-state index contributed by atoms with van der Waals surface area (Å²) in [6.07, 6.45) is 0.261. The number of hydrogen-bond donors (Lipinski definition) is 3. The first-order valence-electron chi connectivity index (χ1n) is 5.56. The molecule has 104 valence electrons. The number of nitrogens with one attached hydrogen (secondary N) is 2. The molecule has 0 aliphatic heterocycles. The van der Waals surface area contributed by atoms with Gasteiger partial charge in [0.25, 0.3) is 0 Å². The van der Waals surface area contributed by atoms with Crippen LogP contribution in [-0.2, 0) is 4.79 Å². The standard InChI is InChI=1S/C12H14Cl2N2O3/c1-3-12(2,10(17)18)16-11(19)15-7-4-5-8(13)9(14)6-7/h4-6H,3H2,1-2H3,(H,17,18)(H2,15,16,19). The third-order valence-corrected chi connectivity index (χ3v) is 3.49. The van der Waals surface area contributed by atoms with Crippen LogP contribution in [0.2, 0.25) is 10.0 Å². The molecule has 0 fully saturated rings. The van der Waals surface area contributed by atoms with Gasteiger partial charge in [0.1, 0.15) is 5.54 Å². The van der Waals surface area contributed by atoms with Crippen LogP contribution in [0.5, 0.6) is 0 Å². The topological polar surface area (TPSA) is 78.4 Å². The second kappa shape index (κ2) is 6.12. The monoisotopic (exact) mass is 304 g/mol. The van der Waals surface area contributed by atoms with Crippen molar-refractivity contribution in [3.63, 3.8) is 0 Å². The molecule has 0 aliphatic rings. The number of hydrogen-bond acceptors (Lipinski definition) is 2. The summed E-state index contributed by atoms with van der Waals surface area (Å²) in [5.41, 5.74) is -0.893. The molecule has 3 N–H and O–H groups in total. The lowest BCUT2D eigenvalue weighted by Crippen LogP contribution is -2.53. The molecule has 19 heavy (non-hydrogen) atoms. The van der Waals surface area contributed by atoms with E-state index in [-0.39, 0.29) is 6.42 Å². The summed E-state index contributed by atoms with van der Waals surface area (Å²) in [5.74, 6) is -1.10. The van der Waals surface area contributed by atoms with E-state index in [0.29, 0.717) is 15.7 Å². The van der Waals surface area contributed by atoms with E-state index in [1.54, 1.807) is 13.0 Å². The highest BCUT2D eigenvalue weighted by atomic mass is 35.5. The van der Waals surface area contributed by atoms with Crippen molar-refractivity contribution in [2.45, 2.75) is 25.8 Å². The molecule has 1 unspecified atom stereocenters. The predicted molar refractivity (Wildman–Crippen MR) is 74.9 cm³/mol. The second-order valence-electron chi connectivity index (χ2n) is 4.20. The zero-order chi connectivity index (χ0) is 14.6. The van der Waals surface area contributed by atoms with Crippen molar-refractivity contribution >= 4 is 40.9 Å². The Morgan fingerprint density at radius 1 is 1.32 bits per heavy atom. The van der Waals surface area contributed by atoms with Crippen molar-refractivity contribution in [1.82, 2.24) is 5.32 Å². The number of urea groups is 1. The fourth-order valence-electron chi connectivity index (χ4n) is 1.28. The van der Waals surface area contributed by atoms with Gasteiger partial charge in [-0.3, -0.25) is 0 Å². The van der Waals surface area contributed by atoms with E-state index >= 15 is 0 Å². The summed E-state index contributed by atoms with van der Waals surface area (Å²) in [6, 6.07) is 3.96. The summed E-state index contributed by atoms with van der Waals surface area (Å²) in [6.45, 7) is 3.11. The Bertz CT molecular complexity index is 508. The maximum absolute atomic E-state index is 11.7. The maximum atomic E-state index is 11.7. The van der Waals surface area contributed by atoms with Gasteiger partial charge in [0.15, 0.2) is 0 Å². The van der Waals surface area contributed by atoms with E-state index in [9.17, 15) is 9.59 Å². The number of carbonyl (C=O) groups is 2. The van der Waals surface area contributed by atoms with Crippen LogP contribution in [0.25, 0.3) is 0 Å². The SMILES string of the molecule is CCC(C)(NC(=O)Nc1ccc(Cl)c(Cl)c1)C(=O)O. The maximum Gasteiger partial charge on any atom is 0.329 e. The van der Waals surface area contributed by atoms with E-state index in [1.807, 2.05) is 0 Å². The van der Waals surface area contributed by atoms with Gasteiger partial charge in [-0.2, -0.15) is 0 Å². The minimum Gasteiger partial charge on any atom is -0.480 e. The molecule has 2 amide bonds. The third-order valence-electron chi connectivity index (χ3n) is 2.75. The van der Waals surface area contributed by atoms with E-state index < -0.39 is 17.5 Å². The number of carboxylic acids is 1. The van der Waals surface area contributed by atoms with Crippen LogP contribution in [0.4, 0.5) is 10.5 Å². The molecule has 7 heteroatoms. The molecule has 1 atom stereocenters. The number of carboxylic acid groups (broad SMARTS) is 1. The van der Waals surface area contributed by atoms with Gasteiger partial charge >= 0.3 is 12.0 Å². The van der Waals surface area contributed by atoms with E-state index in [1.165, 1.54) is 19.1 Å². The molecule has 0 heterocycles. The first-order chi connectivity index (χ1) is 8.78. The highest BCUT2D eigenvalue weighted by Gasteiger charge is 2.32. The lowest BCUT2D eigenvalue weighted by atomic mass is 10.00. The first kappa shape index (κ1) is 15.6. The molecule has 0 aromatic heterocycles. The Morgan fingerprint density at radius 3 is 2.42 bits per heavy atom. The fraction of sp³-hybridized carbons (Fsp3) is 0.333. The van der Waals surface area contributed by atoms with Crippen molar-refractivity contribution in [3.8, 4) is 0 Å². The molecular weight excluding hydrogens is 291 g/mol. The van der Waals surface area contributed by atoms with Gasteiger partial charge in [-0.05, 0) is 31.5 Å². The number of halogens is 2. The van der Waals surface area contributed by atoms with Crippen LogP contribution in [0.3, 0.4) is 0 Å². The Kier molecular flexibility index (Phi) is 5.03. The molecule has 0 spiro atoms. The summed E-state index contributed by atoms with van der Waals surface area (Å²) in [7, 11) is 0. The Morgan fingerprint density at radius 2 is 1.95 bits per heavy atom. The summed E-state index contributed by atoms with van der Waals surface area (Å²) in [4.78, 5) is 22.8. The molecule has 1 rings (SSSR count). The smallest absolute Gasteiger partial charge is 0.329 e. The summed E-state index contributed by atoms with van der Waals surface area (Å²) in [5, 5.41) is 14.6. The number of carbonyl (C=O) groups excluding carboxylic acids is 1. The molecular formula is C12H14Cl2N2O3. The van der Waals surface area contributed by atoms with Crippen molar-refractivity contribution in [2.24, 2.45) is 0 Å². The Balaban J connectivity index is 2.75. The van der Waals surface area contributed by atoms with Crippen molar-refractivity contribution in [3.05, 3.63) is 28.2 Å². The molecule has 0 saturated carbocycles. The Hall–Kier alpha value is -1.46. The number of aliphatic carboxylic acids is 1. The van der Waals surface area contributed by atoms with E-state index in [4.69, 9.17) is 28.3 Å². The van der Waals surface area contributed by atoms with Gasteiger partial charge in [0.05, 0.1) is 10.0 Å².